The highest BCUT2D eigenvalue weighted by molar-refractivity contribution is 6.31. The molecule has 0 saturated heterocycles. The van der Waals surface area contributed by atoms with Crippen molar-refractivity contribution in [3.8, 4) is 0 Å². The van der Waals surface area contributed by atoms with Gasteiger partial charge in [0.1, 0.15) is 0 Å². The molecule has 1 unspecified atom stereocenters. The third-order valence-electron chi connectivity index (χ3n) is 2.53. The Balaban J connectivity index is 2.69. The summed E-state index contributed by atoms with van der Waals surface area (Å²) in [6, 6.07) is 7.38. The van der Waals surface area contributed by atoms with E-state index < -0.39 is 0 Å². The van der Waals surface area contributed by atoms with Gasteiger partial charge in [0.2, 0.25) is 5.91 Å². The normalized spacial score (nSPS) is 14.2. The first kappa shape index (κ1) is 13.0. The monoisotopic (exact) mass is 240 g/mol. The number of hydrogen-bond donors (Lipinski definition) is 2. The van der Waals surface area contributed by atoms with Crippen LogP contribution in [0.1, 0.15) is 25.5 Å². The minimum atomic E-state index is -0.176. The summed E-state index contributed by atoms with van der Waals surface area (Å²) in [6.45, 7) is 4.05. The first-order valence-electron chi connectivity index (χ1n) is 5.31. The smallest absolute Gasteiger partial charge is 0.224 e. The van der Waals surface area contributed by atoms with Crippen LogP contribution in [0.25, 0.3) is 0 Å². The quantitative estimate of drug-likeness (QED) is 0.847. The average molecular weight is 241 g/mol. The van der Waals surface area contributed by atoms with Crippen LogP contribution in [-0.4, -0.2) is 12.5 Å². The topological polar surface area (TPSA) is 55.1 Å². The summed E-state index contributed by atoms with van der Waals surface area (Å²) in [4.78, 5) is 11.6. The van der Waals surface area contributed by atoms with Crippen molar-refractivity contribution >= 4 is 17.5 Å². The van der Waals surface area contributed by atoms with Gasteiger partial charge < -0.3 is 11.1 Å². The Morgan fingerprint density at radius 2 is 2.06 bits per heavy atom. The molecular formula is C12H17ClN2O. The van der Waals surface area contributed by atoms with E-state index in [1.165, 1.54) is 0 Å². The Morgan fingerprint density at radius 3 is 2.62 bits per heavy atom. The number of nitrogens with one attached hydrogen (secondary N) is 1. The molecule has 0 heterocycles. The molecule has 2 atom stereocenters. The van der Waals surface area contributed by atoms with Gasteiger partial charge in [-0.2, -0.15) is 0 Å². The molecule has 0 bridgehead atoms. The maximum absolute atomic E-state index is 11.6. The Morgan fingerprint density at radius 1 is 1.44 bits per heavy atom. The molecule has 0 fully saturated rings. The van der Waals surface area contributed by atoms with E-state index in [1.54, 1.807) is 6.92 Å². The highest BCUT2D eigenvalue weighted by Gasteiger charge is 2.15. The number of amides is 1. The molecule has 0 radical (unpaired) electrons. The van der Waals surface area contributed by atoms with Crippen LogP contribution in [0, 0.1) is 5.92 Å². The van der Waals surface area contributed by atoms with Gasteiger partial charge in [-0.05, 0) is 18.6 Å². The van der Waals surface area contributed by atoms with Gasteiger partial charge in [0.05, 0.1) is 6.04 Å². The molecule has 0 aliphatic carbocycles. The summed E-state index contributed by atoms with van der Waals surface area (Å²) >= 11 is 6.04. The van der Waals surface area contributed by atoms with Crippen molar-refractivity contribution in [2.75, 3.05) is 6.54 Å². The standard InChI is InChI=1S/C12H17ClN2O/c1-8(7-14)12(16)15-9(2)10-5-3-4-6-11(10)13/h3-6,8-9H,7,14H2,1-2H3,(H,15,16)/t8?,9-/m1/s1. The predicted octanol–water partition coefficient (Wildman–Crippen LogP) is 2.11. The molecule has 0 aromatic heterocycles. The van der Waals surface area contributed by atoms with Gasteiger partial charge >= 0.3 is 0 Å². The molecule has 0 aliphatic rings. The van der Waals surface area contributed by atoms with E-state index in [-0.39, 0.29) is 17.9 Å². The Hall–Kier alpha value is -1.06. The largest absolute Gasteiger partial charge is 0.349 e. The van der Waals surface area contributed by atoms with Crippen LogP contribution in [0.5, 0.6) is 0 Å². The van der Waals surface area contributed by atoms with Crippen molar-refractivity contribution in [3.05, 3.63) is 34.9 Å². The zero-order valence-corrected chi connectivity index (χ0v) is 10.3. The lowest BCUT2D eigenvalue weighted by Gasteiger charge is -2.18. The van der Waals surface area contributed by atoms with Gasteiger partial charge in [0, 0.05) is 17.5 Å². The fourth-order valence-corrected chi connectivity index (χ4v) is 1.67. The highest BCUT2D eigenvalue weighted by Crippen LogP contribution is 2.22. The van der Waals surface area contributed by atoms with Crippen LogP contribution in [0.15, 0.2) is 24.3 Å². The van der Waals surface area contributed by atoms with E-state index in [2.05, 4.69) is 5.32 Å². The average Bonchev–Trinajstić information content (AvgIpc) is 2.28. The minimum Gasteiger partial charge on any atom is -0.349 e. The third-order valence-corrected chi connectivity index (χ3v) is 2.88. The van der Waals surface area contributed by atoms with Crippen LogP contribution in [0.4, 0.5) is 0 Å². The summed E-state index contributed by atoms with van der Waals surface area (Å²) < 4.78 is 0. The molecule has 0 spiro atoms. The molecule has 1 aromatic rings. The first-order chi connectivity index (χ1) is 7.56. The summed E-state index contributed by atoms with van der Waals surface area (Å²) in [5.41, 5.74) is 6.35. The van der Waals surface area contributed by atoms with E-state index in [0.717, 1.165) is 5.56 Å². The van der Waals surface area contributed by atoms with E-state index in [9.17, 15) is 4.79 Å². The second-order valence-corrected chi connectivity index (χ2v) is 4.30. The summed E-state index contributed by atoms with van der Waals surface area (Å²) in [6.07, 6.45) is 0. The number of hydrogen-bond acceptors (Lipinski definition) is 2. The van der Waals surface area contributed by atoms with Crippen molar-refractivity contribution in [2.24, 2.45) is 11.7 Å². The fourth-order valence-electron chi connectivity index (χ4n) is 1.37. The maximum Gasteiger partial charge on any atom is 0.224 e. The molecule has 0 saturated carbocycles. The molecule has 3 N–H and O–H groups in total. The van der Waals surface area contributed by atoms with Crippen molar-refractivity contribution in [2.45, 2.75) is 19.9 Å². The van der Waals surface area contributed by atoms with E-state index in [1.807, 2.05) is 31.2 Å². The third kappa shape index (κ3) is 3.22. The Kier molecular flexibility index (Phi) is 4.77. The molecule has 1 amide bonds. The number of carbonyl (C=O) groups is 1. The Bertz CT molecular complexity index is 368. The number of carbonyl (C=O) groups excluding carboxylic acids is 1. The summed E-state index contributed by atoms with van der Waals surface area (Å²) in [5.74, 6) is -0.222. The van der Waals surface area contributed by atoms with E-state index in [4.69, 9.17) is 17.3 Å². The number of benzene rings is 1. The zero-order valence-electron chi connectivity index (χ0n) is 9.53. The van der Waals surface area contributed by atoms with Crippen molar-refractivity contribution in [1.29, 1.82) is 0 Å². The molecule has 88 valence electrons. The van der Waals surface area contributed by atoms with Gasteiger partial charge in [0.15, 0.2) is 0 Å². The van der Waals surface area contributed by atoms with Crippen molar-refractivity contribution in [3.63, 3.8) is 0 Å². The second kappa shape index (κ2) is 5.87. The van der Waals surface area contributed by atoms with Crippen molar-refractivity contribution in [1.82, 2.24) is 5.32 Å². The first-order valence-corrected chi connectivity index (χ1v) is 5.69. The highest BCUT2D eigenvalue weighted by atomic mass is 35.5. The molecule has 16 heavy (non-hydrogen) atoms. The second-order valence-electron chi connectivity index (χ2n) is 3.89. The van der Waals surface area contributed by atoms with Crippen LogP contribution in [0.2, 0.25) is 5.02 Å². The fraction of sp³-hybridized carbons (Fsp3) is 0.417. The summed E-state index contributed by atoms with van der Waals surface area (Å²) in [7, 11) is 0. The van der Waals surface area contributed by atoms with E-state index >= 15 is 0 Å². The Labute approximate surface area is 101 Å². The minimum absolute atomic E-state index is 0.0464. The van der Waals surface area contributed by atoms with Crippen LogP contribution in [0.3, 0.4) is 0 Å². The molecule has 3 nitrogen and oxygen atoms in total. The van der Waals surface area contributed by atoms with Crippen LogP contribution < -0.4 is 11.1 Å². The number of halogens is 1. The maximum atomic E-state index is 11.6. The lowest BCUT2D eigenvalue weighted by Crippen LogP contribution is -2.34. The molecule has 0 aliphatic heterocycles. The molecule has 1 aromatic carbocycles. The van der Waals surface area contributed by atoms with Gasteiger partial charge in [-0.1, -0.05) is 36.7 Å². The zero-order chi connectivity index (χ0) is 12.1. The van der Waals surface area contributed by atoms with Gasteiger partial charge in [-0.25, -0.2) is 0 Å². The molecular weight excluding hydrogens is 224 g/mol. The molecule has 1 rings (SSSR count). The van der Waals surface area contributed by atoms with Gasteiger partial charge in [0.25, 0.3) is 0 Å². The lowest BCUT2D eigenvalue weighted by atomic mass is 10.1. The predicted molar refractivity (Wildman–Crippen MR) is 66.2 cm³/mol. The van der Waals surface area contributed by atoms with Gasteiger partial charge in [-0.3, -0.25) is 4.79 Å². The number of rotatable bonds is 4. The van der Waals surface area contributed by atoms with E-state index in [0.29, 0.717) is 11.6 Å². The lowest BCUT2D eigenvalue weighted by molar-refractivity contribution is -0.124. The SMILES string of the molecule is CC(CN)C(=O)N[C@H](C)c1ccccc1Cl. The number of nitrogens with two attached hydrogens (primary N) is 1. The van der Waals surface area contributed by atoms with Crippen molar-refractivity contribution < 1.29 is 4.79 Å². The van der Waals surface area contributed by atoms with Crippen LogP contribution >= 0.6 is 11.6 Å². The van der Waals surface area contributed by atoms with Crippen LogP contribution in [-0.2, 0) is 4.79 Å². The van der Waals surface area contributed by atoms with Gasteiger partial charge in [-0.15, -0.1) is 0 Å². The molecule has 4 heteroatoms. The summed E-state index contributed by atoms with van der Waals surface area (Å²) in [5, 5.41) is 3.55.